The molecule has 0 aliphatic carbocycles. The summed E-state index contributed by atoms with van der Waals surface area (Å²) in [7, 11) is 0. The monoisotopic (exact) mass is 707 g/mol. The van der Waals surface area contributed by atoms with Crippen LogP contribution in [0.3, 0.4) is 0 Å². The highest BCUT2D eigenvalue weighted by Gasteiger charge is 2.14. The Bertz CT molecular complexity index is 1890. The fourth-order valence-corrected chi connectivity index (χ4v) is 6.35. The standard InChI is InChI=1S/2C15H18.C12H18.C11H16/c1-15(2,3)11-13-9-6-8-12-7-4-5-10-14(12)13;1-15(2,3)11-12-8-9-13-6-4-5-7-14(13)10-12;1-12(2,3)10-9-11-7-5-4-6-8-11;1-11(2,3)9-10-7-5-4-6-8-10/h2*4-10H,11H2,1-3H3;4-8H,9-10H2,1-3H3;4-8H,9H2,1-3H3. The minimum atomic E-state index is 0.351. The van der Waals surface area contributed by atoms with Gasteiger partial charge in [-0.3, -0.25) is 0 Å². The van der Waals surface area contributed by atoms with E-state index >= 15 is 0 Å². The second-order valence-electron chi connectivity index (χ2n) is 19.6. The highest BCUT2D eigenvalue weighted by atomic mass is 14.2. The number of fused-ring (bicyclic) bond motifs is 2. The summed E-state index contributed by atoms with van der Waals surface area (Å²) in [5.74, 6) is 0. The molecular formula is C53H70. The Hall–Kier alpha value is -4.16. The number of hydrogen-bond donors (Lipinski definition) is 0. The Morgan fingerprint density at radius 2 is 0.774 bits per heavy atom. The van der Waals surface area contributed by atoms with Crippen LogP contribution in [-0.4, -0.2) is 0 Å². The molecular weight excluding hydrogens is 637 g/mol. The SMILES string of the molecule is CC(C)(C)CCc1ccccc1.CC(C)(C)Cc1ccc2ccccc2c1.CC(C)(C)Cc1cccc2ccccc12.CC(C)(C)Cc1ccccc1. The van der Waals surface area contributed by atoms with Crippen molar-refractivity contribution >= 4 is 21.5 Å². The molecule has 0 radical (unpaired) electrons. The van der Waals surface area contributed by atoms with Crippen LogP contribution in [0.4, 0.5) is 0 Å². The molecule has 6 aromatic carbocycles. The maximum Gasteiger partial charge on any atom is -0.0152 e. The second-order valence-corrected chi connectivity index (χ2v) is 19.6. The molecule has 53 heavy (non-hydrogen) atoms. The molecule has 6 aromatic rings. The lowest BCUT2D eigenvalue weighted by Gasteiger charge is -2.19. The van der Waals surface area contributed by atoms with Gasteiger partial charge in [-0.15, -0.1) is 0 Å². The van der Waals surface area contributed by atoms with Gasteiger partial charge in [0.25, 0.3) is 0 Å². The van der Waals surface area contributed by atoms with E-state index in [1.807, 2.05) is 0 Å². The zero-order valence-corrected chi connectivity index (χ0v) is 35.4. The smallest absolute Gasteiger partial charge is 0.0152 e. The van der Waals surface area contributed by atoms with E-state index < -0.39 is 0 Å². The van der Waals surface area contributed by atoms with Gasteiger partial charge in [0.2, 0.25) is 0 Å². The summed E-state index contributed by atoms with van der Waals surface area (Å²) in [6, 6.07) is 51.8. The van der Waals surface area contributed by atoms with E-state index in [2.05, 4.69) is 229 Å². The first-order valence-electron chi connectivity index (χ1n) is 19.8. The highest BCUT2D eigenvalue weighted by molar-refractivity contribution is 5.85. The van der Waals surface area contributed by atoms with Crippen LogP contribution in [0.1, 0.15) is 112 Å². The normalized spacial score (nSPS) is 11.8. The van der Waals surface area contributed by atoms with E-state index in [9.17, 15) is 0 Å². The number of aryl methyl sites for hydroxylation is 1. The van der Waals surface area contributed by atoms with Gasteiger partial charge >= 0.3 is 0 Å². The predicted octanol–water partition coefficient (Wildman–Crippen LogP) is 15.8. The molecule has 0 nitrogen and oxygen atoms in total. The quantitative estimate of drug-likeness (QED) is 0.167. The molecule has 0 saturated heterocycles. The van der Waals surface area contributed by atoms with Crippen LogP contribution in [0.2, 0.25) is 0 Å². The van der Waals surface area contributed by atoms with Crippen molar-refractivity contribution in [3.63, 3.8) is 0 Å². The summed E-state index contributed by atoms with van der Waals surface area (Å²) >= 11 is 0. The van der Waals surface area contributed by atoms with Crippen molar-refractivity contribution in [3.8, 4) is 0 Å². The van der Waals surface area contributed by atoms with Gasteiger partial charge in [-0.25, -0.2) is 0 Å². The molecule has 0 spiro atoms. The lowest BCUT2D eigenvalue weighted by Crippen LogP contribution is -2.09. The van der Waals surface area contributed by atoms with Crippen LogP contribution in [0, 0.1) is 21.7 Å². The summed E-state index contributed by atoms with van der Waals surface area (Å²) < 4.78 is 0. The Kier molecular flexibility index (Phi) is 16.1. The maximum absolute atomic E-state index is 2.31. The Balaban J connectivity index is 0.000000192. The molecule has 0 aliphatic heterocycles. The van der Waals surface area contributed by atoms with Gasteiger partial charge in [-0.2, -0.15) is 0 Å². The number of rotatable bonds is 5. The van der Waals surface area contributed by atoms with E-state index in [4.69, 9.17) is 0 Å². The van der Waals surface area contributed by atoms with Crippen molar-refractivity contribution < 1.29 is 0 Å². The van der Waals surface area contributed by atoms with Crippen LogP contribution in [0.5, 0.6) is 0 Å². The van der Waals surface area contributed by atoms with Gasteiger partial charge < -0.3 is 0 Å². The fourth-order valence-electron chi connectivity index (χ4n) is 6.35. The molecule has 0 amide bonds. The Morgan fingerprint density at radius 1 is 0.321 bits per heavy atom. The topological polar surface area (TPSA) is 0 Å². The van der Waals surface area contributed by atoms with Crippen molar-refractivity contribution in [1.29, 1.82) is 0 Å². The summed E-state index contributed by atoms with van der Waals surface area (Å²) in [5, 5.41) is 5.42. The van der Waals surface area contributed by atoms with Gasteiger partial charge in [0.05, 0.1) is 0 Å². The molecule has 0 N–H and O–H groups in total. The maximum atomic E-state index is 2.31. The lowest BCUT2D eigenvalue weighted by molar-refractivity contribution is 0.378. The average Bonchev–Trinajstić information content (AvgIpc) is 3.07. The van der Waals surface area contributed by atoms with Crippen molar-refractivity contribution in [2.45, 2.75) is 115 Å². The summed E-state index contributed by atoms with van der Waals surface area (Å²) in [4.78, 5) is 0. The van der Waals surface area contributed by atoms with Crippen molar-refractivity contribution in [2.75, 3.05) is 0 Å². The van der Waals surface area contributed by atoms with Crippen LogP contribution in [0.15, 0.2) is 146 Å². The molecule has 6 rings (SSSR count). The molecule has 0 aliphatic rings. The summed E-state index contributed by atoms with van der Waals surface area (Å²) in [6.07, 6.45) is 5.89. The highest BCUT2D eigenvalue weighted by Crippen LogP contribution is 2.27. The van der Waals surface area contributed by atoms with Crippen LogP contribution in [-0.2, 0) is 25.7 Å². The zero-order chi connectivity index (χ0) is 39.1. The largest absolute Gasteiger partial charge is 0.0622 e. The van der Waals surface area contributed by atoms with Crippen molar-refractivity contribution in [1.82, 2.24) is 0 Å². The number of hydrogen-bond acceptors (Lipinski definition) is 0. The van der Waals surface area contributed by atoms with Crippen LogP contribution in [0.25, 0.3) is 21.5 Å². The molecule has 0 fully saturated rings. The molecule has 0 heteroatoms. The third kappa shape index (κ3) is 18.4. The molecule has 0 heterocycles. The molecule has 0 bridgehead atoms. The van der Waals surface area contributed by atoms with E-state index in [0.717, 1.165) is 19.3 Å². The van der Waals surface area contributed by atoms with Gasteiger partial charge in [0.15, 0.2) is 0 Å². The van der Waals surface area contributed by atoms with Gasteiger partial charge in [0, 0.05) is 0 Å². The number of benzene rings is 6. The lowest BCUT2D eigenvalue weighted by atomic mass is 9.86. The van der Waals surface area contributed by atoms with Crippen molar-refractivity contribution in [3.05, 3.63) is 168 Å². The van der Waals surface area contributed by atoms with E-state index in [1.165, 1.54) is 56.6 Å². The molecule has 0 atom stereocenters. The van der Waals surface area contributed by atoms with Gasteiger partial charge in [0.1, 0.15) is 0 Å². The third-order valence-corrected chi connectivity index (χ3v) is 8.73. The van der Waals surface area contributed by atoms with Crippen LogP contribution < -0.4 is 0 Å². The first-order chi connectivity index (χ1) is 24.8. The Labute approximate surface area is 325 Å². The van der Waals surface area contributed by atoms with E-state index in [1.54, 1.807) is 0 Å². The minimum absolute atomic E-state index is 0.351. The molecule has 0 aromatic heterocycles. The van der Waals surface area contributed by atoms with E-state index in [0.29, 0.717) is 21.7 Å². The minimum Gasteiger partial charge on any atom is -0.0622 e. The van der Waals surface area contributed by atoms with Gasteiger partial charge in [-0.1, -0.05) is 229 Å². The Morgan fingerprint density at radius 3 is 1.32 bits per heavy atom. The van der Waals surface area contributed by atoms with Gasteiger partial charge in [-0.05, 0) is 97.6 Å². The molecule has 0 saturated carbocycles. The first kappa shape index (κ1) is 43.2. The second kappa shape index (κ2) is 19.8. The summed E-state index contributed by atoms with van der Waals surface area (Å²) in [5.41, 5.74) is 7.35. The van der Waals surface area contributed by atoms with E-state index in [-0.39, 0.29) is 0 Å². The molecule has 0 unspecified atom stereocenters. The fraction of sp³-hybridized carbons (Fsp3) is 0.396. The third-order valence-electron chi connectivity index (χ3n) is 8.73. The average molecular weight is 707 g/mol. The summed E-state index contributed by atoms with van der Waals surface area (Å²) in [6.45, 7) is 27.4. The molecule has 282 valence electrons. The van der Waals surface area contributed by atoms with Crippen LogP contribution >= 0.6 is 0 Å². The zero-order valence-electron chi connectivity index (χ0n) is 35.4. The van der Waals surface area contributed by atoms with Crippen molar-refractivity contribution in [2.24, 2.45) is 21.7 Å². The predicted molar refractivity (Wildman–Crippen MR) is 238 cm³/mol. The first-order valence-corrected chi connectivity index (χ1v) is 19.8.